The molecule has 0 aliphatic carbocycles. The molecule has 3 rings (SSSR count). The minimum atomic E-state index is -0.697. The predicted octanol–water partition coefficient (Wildman–Crippen LogP) is 4.16. The average Bonchev–Trinajstić information content (AvgIpc) is 2.93. The first-order valence-corrected chi connectivity index (χ1v) is 7.89. The number of hydrogen-bond donors (Lipinski definition) is 1. The van der Waals surface area contributed by atoms with Crippen molar-refractivity contribution in [3.63, 3.8) is 0 Å². The van der Waals surface area contributed by atoms with Crippen LogP contribution in [0.25, 0.3) is 11.0 Å². The third-order valence-electron chi connectivity index (χ3n) is 4.24. The molecule has 22 heavy (non-hydrogen) atoms. The molecule has 3 aromatic rings. The maximum atomic E-state index is 10.8. The molecule has 1 N–H and O–H groups in total. The Bertz CT molecular complexity index is 748. The summed E-state index contributed by atoms with van der Waals surface area (Å²) in [6.07, 6.45) is 0.408. The first-order valence-electron chi connectivity index (χ1n) is 7.89. The second-order valence-electron chi connectivity index (χ2n) is 5.90. The predicted molar refractivity (Wildman–Crippen MR) is 89.7 cm³/mol. The number of nitrogens with zero attached hydrogens (tertiary/aromatic N) is 2. The highest BCUT2D eigenvalue weighted by molar-refractivity contribution is 5.76. The van der Waals surface area contributed by atoms with Gasteiger partial charge in [-0.3, -0.25) is 0 Å². The van der Waals surface area contributed by atoms with Crippen molar-refractivity contribution in [2.75, 3.05) is 0 Å². The maximum Gasteiger partial charge on any atom is 0.143 e. The summed E-state index contributed by atoms with van der Waals surface area (Å²) >= 11 is 0. The Morgan fingerprint density at radius 3 is 2.45 bits per heavy atom. The van der Waals surface area contributed by atoms with Crippen molar-refractivity contribution < 1.29 is 5.11 Å². The van der Waals surface area contributed by atoms with Gasteiger partial charge in [0.1, 0.15) is 11.9 Å². The number of aliphatic hydroxyl groups is 1. The molecule has 3 heteroatoms. The summed E-state index contributed by atoms with van der Waals surface area (Å²) in [5.74, 6) is 1.27. The molecule has 0 unspecified atom stereocenters. The molecule has 2 aromatic carbocycles. The number of rotatable bonds is 5. The van der Waals surface area contributed by atoms with E-state index in [9.17, 15) is 5.11 Å². The molecule has 0 spiro atoms. The molecule has 0 saturated carbocycles. The van der Waals surface area contributed by atoms with Crippen LogP contribution in [-0.2, 0) is 6.54 Å². The fourth-order valence-electron chi connectivity index (χ4n) is 2.72. The maximum absolute atomic E-state index is 10.8. The van der Waals surface area contributed by atoms with Crippen LogP contribution in [0, 0.1) is 5.92 Å². The van der Waals surface area contributed by atoms with Gasteiger partial charge in [-0.1, -0.05) is 62.7 Å². The van der Waals surface area contributed by atoms with E-state index in [0.717, 1.165) is 35.4 Å². The molecule has 3 nitrogen and oxygen atoms in total. The fraction of sp³-hybridized carbons (Fsp3) is 0.316. The minimum Gasteiger partial charge on any atom is -0.380 e. The summed E-state index contributed by atoms with van der Waals surface area (Å²) in [6, 6.07) is 17.8. The lowest BCUT2D eigenvalue weighted by Gasteiger charge is -2.17. The van der Waals surface area contributed by atoms with Gasteiger partial charge in [-0.05, 0) is 23.6 Å². The third-order valence-corrected chi connectivity index (χ3v) is 4.24. The Hall–Kier alpha value is -2.13. The second kappa shape index (κ2) is 6.32. The highest BCUT2D eigenvalue weighted by Gasteiger charge is 2.20. The van der Waals surface area contributed by atoms with Crippen LogP contribution in [0.3, 0.4) is 0 Å². The molecule has 0 saturated heterocycles. The molecule has 0 fully saturated rings. The lowest BCUT2D eigenvalue weighted by molar-refractivity contribution is 0.203. The lowest BCUT2D eigenvalue weighted by atomic mass is 10.1. The third kappa shape index (κ3) is 2.77. The van der Waals surface area contributed by atoms with Crippen molar-refractivity contribution in [3.8, 4) is 0 Å². The van der Waals surface area contributed by atoms with Crippen LogP contribution in [0.5, 0.6) is 0 Å². The zero-order valence-electron chi connectivity index (χ0n) is 13.1. The highest BCUT2D eigenvalue weighted by Crippen LogP contribution is 2.26. The molecule has 114 valence electrons. The van der Waals surface area contributed by atoms with Gasteiger partial charge in [0.05, 0.1) is 11.0 Å². The number of imidazole rings is 1. The van der Waals surface area contributed by atoms with Gasteiger partial charge in [-0.25, -0.2) is 4.98 Å². The van der Waals surface area contributed by atoms with E-state index < -0.39 is 6.10 Å². The zero-order valence-corrected chi connectivity index (χ0v) is 13.1. The van der Waals surface area contributed by atoms with Gasteiger partial charge in [-0.2, -0.15) is 0 Å². The van der Waals surface area contributed by atoms with Gasteiger partial charge in [-0.15, -0.1) is 0 Å². The number of aliphatic hydroxyl groups excluding tert-OH is 1. The normalized spacial score (nSPS) is 14.1. The minimum absolute atomic E-state index is 0.541. The largest absolute Gasteiger partial charge is 0.380 e. The Balaban J connectivity index is 2.09. The Morgan fingerprint density at radius 1 is 1.05 bits per heavy atom. The molecule has 0 radical (unpaired) electrons. The molecule has 0 amide bonds. The average molecular weight is 294 g/mol. The molecule has 0 aliphatic heterocycles. The topological polar surface area (TPSA) is 38.0 Å². The van der Waals surface area contributed by atoms with Crippen LogP contribution >= 0.6 is 0 Å². The van der Waals surface area contributed by atoms with Gasteiger partial charge in [0.2, 0.25) is 0 Å². The number of aromatic nitrogens is 2. The van der Waals surface area contributed by atoms with E-state index in [1.165, 1.54) is 0 Å². The fourth-order valence-corrected chi connectivity index (χ4v) is 2.72. The van der Waals surface area contributed by atoms with Crippen molar-refractivity contribution in [2.24, 2.45) is 5.92 Å². The smallest absolute Gasteiger partial charge is 0.143 e. The van der Waals surface area contributed by atoms with Crippen LogP contribution in [-0.4, -0.2) is 14.7 Å². The summed E-state index contributed by atoms with van der Waals surface area (Å²) in [4.78, 5) is 4.69. The Labute approximate surface area is 131 Å². The van der Waals surface area contributed by atoms with Crippen molar-refractivity contribution in [3.05, 3.63) is 66.0 Å². The van der Waals surface area contributed by atoms with Gasteiger partial charge in [0.25, 0.3) is 0 Å². The highest BCUT2D eigenvalue weighted by atomic mass is 16.3. The SMILES string of the molecule is CC[C@@H](C)Cn1c([C@@H](O)c2ccccc2)nc2ccccc21. The van der Waals surface area contributed by atoms with Crippen molar-refractivity contribution in [2.45, 2.75) is 32.9 Å². The quantitative estimate of drug-likeness (QED) is 0.767. The molecule has 1 heterocycles. The van der Waals surface area contributed by atoms with Gasteiger partial charge >= 0.3 is 0 Å². The first kappa shape index (κ1) is 14.8. The van der Waals surface area contributed by atoms with Crippen LogP contribution in [0.2, 0.25) is 0 Å². The molecule has 2 atom stereocenters. The number of hydrogen-bond acceptors (Lipinski definition) is 2. The summed E-state index contributed by atoms with van der Waals surface area (Å²) < 4.78 is 2.17. The summed E-state index contributed by atoms with van der Waals surface area (Å²) in [7, 11) is 0. The summed E-state index contributed by atoms with van der Waals surface area (Å²) in [5, 5.41) is 10.8. The van der Waals surface area contributed by atoms with E-state index >= 15 is 0 Å². The molecular weight excluding hydrogens is 272 g/mol. The molecule has 1 aromatic heterocycles. The van der Waals surface area contributed by atoms with Crippen LogP contribution in [0.15, 0.2) is 54.6 Å². The number of benzene rings is 2. The van der Waals surface area contributed by atoms with E-state index in [-0.39, 0.29) is 0 Å². The van der Waals surface area contributed by atoms with E-state index in [1.807, 2.05) is 48.5 Å². The van der Waals surface area contributed by atoms with Crippen LogP contribution in [0.4, 0.5) is 0 Å². The molecular formula is C19H22N2O. The van der Waals surface area contributed by atoms with Gasteiger partial charge in [0, 0.05) is 6.54 Å². The molecule has 0 bridgehead atoms. The van der Waals surface area contributed by atoms with Gasteiger partial charge < -0.3 is 9.67 Å². The van der Waals surface area contributed by atoms with E-state index in [2.05, 4.69) is 29.5 Å². The Morgan fingerprint density at radius 2 is 1.73 bits per heavy atom. The van der Waals surface area contributed by atoms with E-state index in [4.69, 9.17) is 0 Å². The summed E-state index contributed by atoms with van der Waals surface area (Å²) in [5.41, 5.74) is 2.91. The monoisotopic (exact) mass is 294 g/mol. The lowest BCUT2D eigenvalue weighted by Crippen LogP contribution is -2.14. The zero-order chi connectivity index (χ0) is 15.5. The van der Waals surface area contributed by atoms with Crippen molar-refractivity contribution >= 4 is 11.0 Å². The van der Waals surface area contributed by atoms with Crippen LogP contribution in [0.1, 0.15) is 37.8 Å². The van der Waals surface area contributed by atoms with Crippen molar-refractivity contribution in [1.82, 2.24) is 9.55 Å². The van der Waals surface area contributed by atoms with Crippen molar-refractivity contribution in [1.29, 1.82) is 0 Å². The van der Waals surface area contributed by atoms with E-state index in [1.54, 1.807) is 0 Å². The standard InChI is InChI=1S/C19H22N2O/c1-3-14(2)13-21-17-12-8-7-11-16(17)20-19(21)18(22)15-9-5-4-6-10-15/h4-12,14,18,22H,3,13H2,1-2H3/t14-,18+/m1/s1. The first-order chi connectivity index (χ1) is 10.7. The second-order valence-corrected chi connectivity index (χ2v) is 5.90. The van der Waals surface area contributed by atoms with Crippen LogP contribution < -0.4 is 0 Å². The number of fused-ring (bicyclic) bond motifs is 1. The molecule has 0 aliphatic rings. The number of para-hydroxylation sites is 2. The van der Waals surface area contributed by atoms with Gasteiger partial charge in [0.15, 0.2) is 0 Å². The summed E-state index contributed by atoms with van der Waals surface area (Å²) in [6.45, 7) is 5.29. The Kier molecular flexibility index (Phi) is 4.25. The van der Waals surface area contributed by atoms with E-state index in [0.29, 0.717) is 5.92 Å².